The van der Waals surface area contributed by atoms with Crippen molar-refractivity contribution in [1.29, 1.82) is 0 Å². The van der Waals surface area contributed by atoms with Crippen LogP contribution < -0.4 is 0 Å². The highest BCUT2D eigenvalue weighted by atomic mass is 16.6. The molecule has 1 rings (SSSR count). The molecule has 1 aliphatic rings. The van der Waals surface area contributed by atoms with E-state index in [9.17, 15) is 15.0 Å². The molecule has 0 aromatic rings. The van der Waals surface area contributed by atoms with Crippen molar-refractivity contribution in [3.05, 3.63) is 0 Å². The Bertz CT molecular complexity index is 182. The first kappa shape index (κ1) is 10.6. The standard InChI is InChI=1S/C9H16O4/c1-5-7(3-4-10)13-9(12)6(2)8(5)11/h4-9,11-12H,3H2,1-2H3/t5-,6+,7+,8-,9?/m0/s1. The summed E-state index contributed by atoms with van der Waals surface area (Å²) in [5, 5.41) is 19.0. The van der Waals surface area contributed by atoms with E-state index in [0.29, 0.717) is 0 Å². The van der Waals surface area contributed by atoms with Crippen LogP contribution in [-0.2, 0) is 9.53 Å². The Balaban J connectivity index is 2.64. The van der Waals surface area contributed by atoms with Crippen LogP contribution in [0, 0.1) is 11.8 Å². The second kappa shape index (κ2) is 4.17. The smallest absolute Gasteiger partial charge is 0.159 e. The molecule has 0 saturated carbocycles. The van der Waals surface area contributed by atoms with Gasteiger partial charge in [-0.3, -0.25) is 0 Å². The second-order valence-electron chi connectivity index (χ2n) is 3.68. The van der Waals surface area contributed by atoms with Crippen LogP contribution in [0.15, 0.2) is 0 Å². The number of carbonyl (C=O) groups excluding carboxylic acids is 1. The van der Waals surface area contributed by atoms with Crippen LogP contribution >= 0.6 is 0 Å². The van der Waals surface area contributed by atoms with Crippen molar-refractivity contribution in [1.82, 2.24) is 0 Å². The second-order valence-corrected chi connectivity index (χ2v) is 3.68. The number of aliphatic hydroxyl groups excluding tert-OH is 2. The molecule has 1 aliphatic heterocycles. The SMILES string of the molecule is C[C@@H]1[C@H](O)[C@@H](C)C(O)O[C@@H]1CC=O. The first-order valence-corrected chi connectivity index (χ1v) is 4.53. The van der Waals surface area contributed by atoms with E-state index in [1.54, 1.807) is 6.92 Å². The van der Waals surface area contributed by atoms with Gasteiger partial charge in [0.05, 0.1) is 12.2 Å². The minimum atomic E-state index is -0.962. The van der Waals surface area contributed by atoms with Crippen molar-refractivity contribution >= 4 is 6.29 Å². The summed E-state index contributed by atoms with van der Waals surface area (Å²) in [6.07, 6.45) is -0.956. The molecular formula is C9H16O4. The van der Waals surface area contributed by atoms with Gasteiger partial charge in [0, 0.05) is 18.3 Å². The monoisotopic (exact) mass is 188 g/mol. The lowest BCUT2D eigenvalue weighted by atomic mass is 9.85. The molecule has 76 valence electrons. The van der Waals surface area contributed by atoms with Crippen LogP contribution in [0.5, 0.6) is 0 Å². The van der Waals surface area contributed by atoms with E-state index in [1.807, 2.05) is 6.92 Å². The predicted molar refractivity (Wildman–Crippen MR) is 45.9 cm³/mol. The Kier molecular flexibility index (Phi) is 3.41. The third-order valence-corrected chi connectivity index (χ3v) is 2.76. The van der Waals surface area contributed by atoms with Gasteiger partial charge in [0.1, 0.15) is 6.29 Å². The molecule has 4 heteroatoms. The molecule has 2 N–H and O–H groups in total. The van der Waals surface area contributed by atoms with Gasteiger partial charge in [-0.1, -0.05) is 13.8 Å². The van der Waals surface area contributed by atoms with Crippen molar-refractivity contribution in [3.8, 4) is 0 Å². The fourth-order valence-corrected chi connectivity index (χ4v) is 1.66. The van der Waals surface area contributed by atoms with E-state index in [1.165, 1.54) is 0 Å². The molecule has 0 amide bonds. The van der Waals surface area contributed by atoms with E-state index >= 15 is 0 Å². The molecule has 1 unspecified atom stereocenters. The molecule has 0 radical (unpaired) electrons. The fourth-order valence-electron chi connectivity index (χ4n) is 1.66. The van der Waals surface area contributed by atoms with Crippen LogP contribution in [0.1, 0.15) is 20.3 Å². The van der Waals surface area contributed by atoms with E-state index in [-0.39, 0.29) is 24.4 Å². The van der Waals surface area contributed by atoms with Gasteiger partial charge in [0.15, 0.2) is 6.29 Å². The van der Waals surface area contributed by atoms with Gasteiger partial charge in [-0.2, -0.15) is 0 Å². The zero-order chi connectivity index (χ0) is 10.0. The topological polar surface area (TPSA) is 66.8 Å². The quantitative estimate of drug-likeness (QED) is 0.595. The van der Waals surface area contributed by atoms with E-state index in [0.717, 1.165) is 6.29 Å². The molecule has 4 nitrogen and oxygen atoms in total. The number of rotatable bonds is 2. The summed E-state index contributed by atoms with van der Waals surface area (Å²) < 4.78 is 5.19. The molecule has 0 spiro atoms. The maximum absolute atomic E-state index is 10.3. The molecule has 0 bridgehead atoms. The van der Waals surface area contributed by atoms with Gasteiger partial charge in [-0.15, -0.1) is 0 Å². The molecule has 0 aromatic heterocycles. The normalized spacial score (nSPS) is 46.0. The first-order valence-electron chi connectivity index (χ1n) is 4.53. The summed E-state index contributed by atoms with van der Waals surface area (Å²) in [5.74, 6) is -0.401. The Morgan fingerprint density at radius 1 is 1.31 bits per heavy atom. The largest absolute Gasteiger partial charge is 0.392 e. The van der Waals surface area contributed by atoms with Gasteiger partial charge in [-0.05, 0) is 0 Å². The number of carbonyl (C=O) groups is 1. The molecule has 5 atom stereocenters. The molecule has 1 heterocycles. The lowest BCUT2D eigenvalue weighted by Gasteiger charge is -2.39. The summed E-state index contributed by atoms with van der Waals surface area (Å²) in [6.45, 7) is 3.55. The Morgan fingerprint density at radius 3 is 2.46 bits per heavy atom. The van der Waals surface area contributed by atoms with Crippen LogP contribution in [0.25, 0.3) is 0 Å². The predicted octanol–water partition coefficient (Wildman–Crippen LogP) is -0.0743. The Morgan fingerprint density at radius 2 is 1.92 bits per heavy atom. The van der Waals surface area contributed by atoms with Crippen LogP contribution in [0.3, 0.4) is 0 Å². The zero-order valence-corrected chi connectivity index (χ0v) is 7.88. The molecule has 0 aromatic carbocycles. The average Bonchev–Trinajstić information content (AvgIpc) is 2.11. The molecule has 1 saturated heterocycles. The Hall–Kier alpha value is -0.450. The summed E-state index contributed by atoms with van der Waals surface area (Å²) >= 11 is 0. The fraction of sp³-hybridized carbons (Fsp3) is 0.889. The van der Waals surface area contributed by atoms with E-state index in [2.05, 4.69) is 0 Å². The number of aliphatic hydroxyl groups is 2. The molecule has 13 heavy (non-hydrogen) atoms. The highest BCUT2D eigenvalue weighted by Crippen LogP contribution is 2.29. The third kappa shape index (κ3) is 2.07. The van der Waals surface area contributed by atoms with Crippen molar-refractivity contribution in [2.45, 2.75) is 38.8 Å². The summed E-state index contributed by atoms with van der Waals surface area (Å²) in [6, 6.07) is 0. The number of aldehydes is 1. The average molecular weight is 188 g/mol. The molecule has 1 fully saturated rings. The summed E-state index contributed by atoms with van der Waals surface area (Å²) in [5.41, 5.74) is 0. The maximum atomic E-state index is 10.3. The minimum absolute atomic E-state index is 0.108. The van der Waals surface area contributed by atoms with Gasteiger partial charge < -0.3 is 19.7 Å². The van der Waals surface area contributed by atoms with Gasteiger partial charge in [0.2, 0.25) is 0 Å². The summed E-state index contributed by atoms with van der Waals surface area (Å²) in [4.78, 5) is 10.3. The van der Waals surface area contributed by atoms with Crippen molar-refractivity contribution in [3.63, 3.8) is 0 Å². The van der Waals surface area contributed by atoms with E-state index < -0.39 is 12.4 Å². The van der Waals surface area contributed by atoms with Crippen LogP contribution in [0.2, 0.25) is 0 Å². The number of hydrogen-bond donors (Lipinski definition) is 2. The lowest BCUT2D eigenvalue weighted by molar-refractivity contribution is -0.240. The van der Waals surface area contributed by atoms with Gasteiger partial charge in [-0.25, -0.2) is 0 Å². The first-order chi connectivity index (χ1) is 6.07. The molecule has 0 aliphatic carbocycles. The maximum Gasteiger partial charge on any atom is 0.159 e. The van der Waals surface area contributed by atoms with Crippen molar-refractivity contribution in [2.24, 2.45) is 11.8 Å². The van der Waals surface area contributed by atoms with Crippen LogP contribution in [-0.4, -0.2) is 35.0 Å². The van der Waals surface area contributed by atoms with Crippen molar-refractivity contribution in [2.75, 3.05) is 0 Å². The number of hydrogen-bond acceptors (Lipinski definition) is 4. The number of ether oxygens (including phenoxy) is 1. The van der Waals surface area contributed by atoms with Gasteiger partial charge >= 0.3 is 0 Å². The highest BCUT2D eigenvalue weighted by Gasteiger charge is 2.39. The third-order valence-electron chi connectivity index (χ3n) is 2.76. The van der Waals surface area contributed by atoms with Crippen molar-refractivity contribution < 1.29 is 19.7 Å². The highest BCUT2D eigenvalue weighted by molar-refractivity contribution is 5.50. The molecular weight excluding hydrogens is 172 g/mol. The van der Waals surface area contributed by atoms with Crippen LogP contribution in [0.4, 0.5) is 0 Å². The zero-order valence-electron chi connectivity index (χ0n) is 7.88. The van der Waals surface area contributed by atoms with Gasteiger partial charge in [0.25, 0.3) is 0 Å². The summed E-state index contributed by atoms with van der Waals surface area (Å²) in [7, 11) is 0. The minimum Gasteiger partial charge on any atom is -0.392 e. The Labute approximate surface area is 77.5 Å². The lowest BCUT2D eigenvalue weighted by Crippen LogP contribution is -2.48. The van der Waals surface area contributed by atoms with E-state index in [4.69, 9.17) is 4.74 Å².